The molecule has 2 rings (SSSR count). The van der Waals surface area contributed by atoms with Gasteiger partial charge < -0.3 is 10.4 Å². The van der Waals surface area contributed by atoms with E-state index in [1.54, 1.807) is 6.92 Å². The first-order valence-corrected chi connectivity index (χ1v) is 8.42. The summed E-state index contributed by atoms with van der Waals surface area (Å²) < 4.78 is 0. The molecule has 1 aliphatic heterocycles. The minimum atomic E-state index is -0.896. The zero-order valence-electron chi connectivity index (χ0n) is 13.9. The molecule has 2 atom stereocenters. The SMILES string of the molecule is CCCCC(NC(C)C(=O)c1ccc2c(c1)CCCN2)C(=O)O. The molecule has 1 aromatic rings. The molecule has 0 aliphatic carbocycles. The Morgan fingerprint density at radius 1 is 1.39 bits per heavy atom. The van der Waals surface area contributed by atoms with Crippen LogP contribution in [-0.2, 0) is 11.2 Å². The Hall–Kier alpha value is -1.88. The summed E-state index contributed by atoms with van der Waals surface area (Å²) in [6, 6.07) is 4.51. The molecule has 2 unspecified atom stereocenters. The lowest BCUT2D eigenvalue weighted by Gasteiger charge is -2.21. The van der Waals surface area contributed by atoms with Crippen molar-refractivity contribution in [3.63, 3.8) is 0 Å². The number of hydrogen-bond donors (Lipinski definition) is 3. The number of unbranched alkanes of at least 4 members (excludes halogenated alkanes) is 1. The van der Waals surface area contributed by atoms with E-state index in [0.29, 0.717) is 12.0 Å². The summed E-state index contributed by atoms with van der Waals surface area (Å²) in [6.07, 6.45) is 4.34. The van der Waals surface area contributed by atoms with E-state index in [1.807, 2.05) is 25.1 Å². The van der Waals surface area contributed by atoms with E-state index >= 15 is 0 Å². The van der Waals surface area contributed by atoms with Crippen LogP contribution in [0.3, 0.4) is 0 Å². The van der Waals surface area contributed by atoms with E-state index in [2.05, 4.69) is 10.6 Å². The Bertz CT molecular complexity index is 571. The minimum absolute atomic E-state index is 0.0545. The van der Waals surface area contributed by atoms with Crippen molar-refractivity contribution in [3.8, 4) is 0 Å². The molecule has 126 valence electrons. The van der Waals surface area contributed by atoms with Crippen LogP contribution in [0.4, 0.5) is 5.69 Å². The molecule has 5 nitrogen and oxygen atoms in total. The van der Waals surface area contributed by atoms with Crippen molar-refractivity contribution in [2.24, 2.45) is 0 Å². The van der Waals surface area contributed by atoms with E-state index in [9.17, 15) is 14.7 Å². The van der Waals surface area contributed by atoms with Crippen LogP contribution >= 0.6 is 0 Å². The highest BCUT2D eigenvalue weighted by Gasteiger charge is 2.24. The van der Waals surface area contributed by atoms with Crippen molar-refractivity contribution in [2.45, 2.75) is 58.0 Å². The van der Waals surface area contributed by atoms with Crippen molar-refractivity contribution in [2.75, 3.05) is 11.9 Å². The van der Waals surface area contributed by atoms with Gasteiger partial charge in [0.25, 0.3) is 0 Å². The molecule has 0 radical (unpaired) electrons. The van der Waals surface area contributed by atoms with Gasteiger partial charge in [0.2, 0.25) is 0 Å². The van der Waals surface area contributed by atoms with Crippen LogP contribution in [0.5, 0.6) is 0 Å². The number of ketones is 1. The van der Waals surface area contributed by atoms with Crippen molar-refractivity contribution in [1.82, 2.24) is 5.32 Å². The Morgan fingerprint density at radius 3 is 2.87 bits per heavy atom. The van der Waals surface area contributed by atoms with Gasteiger partial charge in [-0.05, 0) is 49.9 Å². The molecular weight excluding hydrogens is 292 g/mol. The molecule has 1 aromatic carbocycles. The molecule has 1 aliphatic rings. The number of carbonyl (C=O) groups excluding carboxylic acids is 1. The highest BCUT2D eigenvalue weighted by atomic mass is 16.4. The van der Waals surface area contributed by atoms with Crippen molar-refractivity contribution in [3.05, 3.63) is 29.3 Å². The van der Waals surface area contributed by atoms with E-state index in [-0.39, 0.29) is 5.78 Å². The summed E-state index contributed by atoms with van der Waals surface area (Å²) in [5.41, 5.74) is 2.90. The zero-order valence-corrected chi connectivity index (χ0v) is 13.9. The fourth-order valence-electron chi connectivity index (χ4n) is 2.94. The smallest absolute Gasteiger partial charge is 0.320 e. The number of rotatable bonds is 8. The first-order valence-electron chi connectivity index (χ1n) is 8.42. The summed E-state index contributed by atoms with van der Waals surface area (Å²) in [6.45, 7) is 4.73. The second-order valence-electron chi connectivity index (χ2n) is 6.19. The highest BCUT2D eigenvalue weighted by Crippen LogP contribution is 2.23. The quantitative estimate of drug-likeness (QED) is 0.642. The molecule has 0 fully saturated rings. The molecule has 0 amide bonds. The third kappa shape index (κ3) is 4.55. The lowest BCUT2D eigenvalue weighted by molar-refractivity contribution is -0.139. The van der Waals surface area contributed by atoms with Gasteiger partial charge in [0.1, 0.15) is 6.04 Å². The number of carboxylic acid groups (broad SMARTS) is 1. The Balaban J connectivity index is 2.05. The molecular formula is C18H26N2O3. The highest BCUT2D eigenvalue weighted by molar-refractivity contribution is 6.00. The molecule has 23 heavy (non-hydrogen) atoms. The van der Waals surface area contributed by atoms with Crippen LogP contribution < -0.4 is 10.6 Å². The molecule has 0 bridgehead atoms. The Kier molecular flexibility index (Phi) is 6.16. The maximum Gasteiger partial charge on any atom is 0.320 e. The lowest BCUT2D eigenvalue weighted by atomic mass is 9.96. The minimum Gasteiger partial charge on any atom is -0.480 e. The third-order valence-corrected chi connectivity index (χ3v) is 4.32. The van der Waals surface area contributed by atoms with Gasteiger partial charge in [-0.15, -0.1) is 0 Å². The monoisotopic (exact) mass is 318 g/mol. The summed E-state index contributed by atoms with van der Waals surface area (Å²) >= 11 is 0. The number of aliphatic carboxylic acids is 1. The van der Waals surface area contributed by atoms with E-state index in [1.165, 1.54) is 0 Å². The summed E-state index contributed by atoms with van der Waals surface area (Å²) in [7, 11) is 0. The van der Waals surface area contributed by atoms with Gasteiger partial charge in [-0.3, -0.25) is 14.9 Å². The van der Waals surface area contributed by atoms with Crippen LogP contribution in [0, 0.1) is 0 Å². The molecule has 0 saturated carbocycles. The van der Waals surface area contributed by atoms with Crippen LogP contribution in [0.25, 0.3) is 0 Å². The largest absolute Gasteiger partial charge is 0.480 e. The summed E-state index contributed by atoms with van der Waals surface area (Å²) in [5, 5.41) is 15.6. The second-order valence-corrected chi connectivity index (χ2v) is 6.19. The average Bonchev–Trinajstić information content (AvgIpc) is 2.56. The normalized spacial score (nSPS) is 16.1. The van der Waals surface area contributed by atoms with E-state index in [0.717, 1.165) is 43.5 Å². The standard InChI is InChI=1S/C18H26N2O3/c1-3-4-7-16(18(22)23)20-12(2)17(21)14-8-9-15-13(11-14)6-5-10-19-15/h8-9,11-12,16,19-20H,3-7,10H2,1-2H3,(H,22,23). The van der Waals surface area contributed by atoms with Crippen LogP contribution in [-0.4, -0.2) is 35.5 Å². The average molecular weight is 318 g/mol. The second kappa shape index (κ2) is 8.11. The molecule has 5 heteroatoms. The molecule has 1 heterocycles. The van der Waals surface area contributed by atoms with Crippen LogP contribution in [0.2, 0.25) is 0 Å². The number of nitrogens with one attached hydrogen (secondary N) is 2. The van der Waals surface area contributed by atoms with Gasteiger partial charge in [0, 0.05) is 17.8 Å². The van der Waals surface area contributed by atoms with Crippen molar-refractivity contribution < 1.29 is 14.7 Å². The van der Waals surface area contributed by atoms with E-state index in [4.69, 9.17) is 0 Å². The van der Waals surface area contributed by atoms with Gasteiger partial charge in [0.15, 0.2) is 5.78 Å². The number of benzene rings is 1. The number of aryl methyl sites for hydroxylation is 1. The molecule has 0 saturated heterocycles. The molecule has 0 aromatic heterocycles. The predicted molar refractivity (Wildman–Crippen MR) is 91.1 cm³/mol. The van der Waals surface area contributed by atoms with Crippen LogP contribution in [0.1, 0.15) is 55.5 Å². The Morgan fingerprint density at radius 2 is 2.17 bits per heavy atom. The molecule has 3 N–H and O–H groups in total. The molecule has 0 spiro atoms. The third-order valence-electron chi connectivity index (χ3n) is 4.32. The fourth-order valence-corrected chi connectivity index (χ4v) is 2.94. The first-order chi connectivity index (χ1) is 11.0. The van der Waals surface area contributed by atoms with Gasteiger partial charge in [0.05, 0.1) is 6.04 Å². The maximum atomic E-state index is 12.6. The Labute approximate surface area is 137 Å². The fraction of sp³-hybridized carbons (Fsp3) is 0.556. The zero-order chi connectivity index (χ0) is 16.8. The number of carbonyl (C=O) groups is 2. The van der Waals surface area contributed by atoms with Crippen molar-refractivity contribution >= 4 is 17.4 Å². The van der Waals surface area contributed by atoms with Gasteiger partial charge in [-0.1, -0.05) is 19.8 Å². The number of carboxylic acids is 1. The van der Waals surface area contributed by atoms with Gasteiger partial charge in [-0.2, -0.15) is 0 Å². The maximum absolute atomic E-state index is 12.6. The lowest BCUT2D eigenvalue weighted by Crippen LogP contribution is -2.45. The number of fused-ring (bicyclic) bond motifs is 1. The van der Waals surface area contributed by atoms with Gasteiger partial charge >= 0.3 is 5.97 Å². The van der Waals surface area contributed by atoms with Crippen LogP contribution in [0.15, 0.2) is 18.2 Å². The number of anilines is 1. The topological polar surface area (TPSA) is 78.4 Å². The summed E-state index contributed by atoms with van der Waals surface area (Å²) in [4.78, 5) is 23.9. The summed E-state index contributed by atoms with van der Waals surface area (Å²) in [5.74, 6) is -0.950. The first kappa shape index (κ1) is 17.5. The van der Waals surface area contributed by atoms with Crippen molar-refractivity contribution in [1.29, 1.82) is 0 Å². The van der Waals surface area contributed by atoms with E-state index < -0.39 is 18.1 Å². The predicted octanol–water partition coefficient (Wildman–Crippen LogP) is 2.85. The van der Waals surface area contributed by atoms with Gasteiger partial charge in [-0.25, -0.2) is 0 Å². The number of Topliss-reactive ketones (excluding diaryl/α,β-unsaturated/α-hetero) is 1. The number of hydrogen-bond acceptors (Lipinski definition) is 4.